The van der Waals surface area contributed by atoms with Crippen molar-refractivity contribution in [2.75, 3.05) is 37.4 Å². The van der Waals surface area contributed by atoms with Crippen molar-refractivity contribution in [2.24, 2.45) is 5.41 Å². The van der Waals surface area contributed by atoms with Gasteiger partial charge >= 0.3 is 6.18 Å². The first-order chi connectivity index (χ1) is 20.0. The highest BCUT2D eigenvalue weighted by molar-refractivity contribution is 6.05. The molecule has 10 nitrogen and oxygen atoms in total. The number of pyridine rings is 2. The van der Waals surface area contributed by atoms with Crippen LogP contribution in [0.2, 0.25) is 0 Å². The van der Waals surface area contributed by atoms with Crippen molar-refractivity contribution in [3.63, 3.8) is 0 Å². The largest absolute Gasteiger partial charge is 0.416 e. The highest BCUT2D eigenvalue weighted by atomic mass is 19.4. The van der Waals surface area contributed by atoms with Crippen LogP contribution in [0.1, 0.15) is 41.7 Å². The van der Waals surface area contributed by atoms with Crippen LogP contribution < -0.4 is 11.1 Å². The number of carbonyl (C=O) groups excluding carboxylic acids is 2. The van der Waals surface area contributed by atoms with E-state index in [0.717, 1.165) is 36.7 Å². The Morgan fingerprint density at radius 2 is 1.83 bits per heavy atom. The van der Waals surface area contributed by atoms with Crippen molar-refractivity contribution in [3.05, 3.63) is 66.0 Å². The lowest BCUT2D eigenvalue weighted by Gasteiger charge is -2.43. The van der Waals surface area contributed by atoms with E-state index in [2.05, 4.69) is 15.3 Å². The third-order valence-electron chi connectivity index (χ3n) is 7.79. The van der Waals surface area contributed by atoms with Gasteiger partial charge in [0.1, 0.15) is 17.3 Å². The summed E-state index contributed by atoms with van der Waals surface area (Å²) in [6.07, 6.45) is -0.284. The predicted molar refractivity (Wildman–Crippen MR) is 148 cm³/mol. The van der Waals surface area contributed by atoms with Gasteiger partial charge in [-0.1, -0.05) is 12.1 Å². The van der Waals surface area contributed by atoms with Gasteiger partial charge in [0.25, 0.3) is 5.91 Å². The quantitative estimate of drug-likeness (QED) is 0.355. The Kier molecular flexibility index (Phi) is 6.84. The third-order valence-corrected chi connectivity index (χ3v) is 7.79. The molecule has 1 aromatic carbocycles. The van der Waals surface area contributed by atoms with Gasteiger partial charge in [0.2, 0.25) is 5.91 Å². The summed E-state index contributed by atoms with van der Waals surface area (Å²) in [4.78, 5) is 35.9. The molecule has 0 unspecified atom stereocenters. The molecule has 13 heteroatoms. The molecule has 0 bridgehead atoms. The maximum Gasteiger partial charge on any atom is 0.416 e. The smallest absolute Gasteiger partial charge is 0.383 e. The monoisotopic (exact) mass is 579 g/mol. The van der Waals surface area contributed by atoms with Crippen LogP contribution in [0.25, 0.3) is 22.2 Å². The fraction of sp³-hybridized carbons (Fsp3) is 0.345. The first-order valence-corrected chi connectivity index (χ1v) is 13.5. The van der Waals surface area contributed by atoms with Gasteiger partial charge in [-0.15, -0.1) is 0 Å². The molecule has 0 aliphatic carbocycles. The minimum atomic E-state index is -4.55. The number of nitrogen functional groups attached to an aromatic ring is 1. The minimum Gasteiger partial charge on any atom is -0.383 e. The van der Waals surface area contributed by atoms with Gasteiger partial charge in [0, 0.05) is 36.6 Å². The number of aromatic nitrogens is 4. The number of fused-ring (bicyclic) bond motifs is 1. The fourth-order valence-electron chi connectivity index (χ4n) is 5.49. The zero-order valence-corrected chi connectivity index (χ0v) is 22.7. The van der Waals surface area contributed by atoms with Crippen LogP contribution >= 0.6 is 0 Å². The summed E-state index contributed by atoms with van der Waals surface area (Å²) in [6, 6.07) is 9.88. The Hall–Kier alpha value is -4.52. The number of rotatable bonds is 5. The molecule has 0 spiro atoms. The second-order valence-electron chi connectivity index (χ2n) is 10.9. The summed E-state index contributed by atoms with van der Waals surface area (Å²) in [7, 11) is 0. The maximum atomic E-state index is 13.2. The lowest BCUT2D eigenvalue weighted by molar-refractivity contribution is -0.170. The normalized spacial score (nSPS) is 18.5. The van der Waals surface area contributed by atoms with Crippen LogP contribution in [-0.2, 0) is 15.7 Å². The standard InChI is InChI=1S/C29H28F3N7O3/c1-28(15-42-16-28)27(41)38-12-2-3-20(14-38)39-21-9-11-35-25(33)23(21)24(37-39)17-4-6-18(7-5-17)26(40)36-22-13-19(8-10-34-22)29(30,31)32/h4-11,13,20H,2-3,12,14-16H2,1H3,(H2,33,35)(H,34,36,40)/t20-/m1/s1. The Balaban J connectivity index is 1.26. The highest BCUT2D eigenvalue weighted by Gasteiger charge is 2.44. The van der Waals surface area contributed by atoms with E-state index in [1.807, 2.05) is 22.6 Å². The molecule has 0 radical (unpaired) electrons. The van der Waals surface area contributed by atoms with Crippen LogP contribution in [0.15, 0.2) is 54.9 Å². The van der Waals surface area contributed by atoms with Crippen LogP contribution in [0.3, 0.4) is 0 Å². The summed E-state index contributed by atoms with van der Waals surface area (Å²) in [6.45, 7) is 3.97. The van der Waals surface area contributed by atoms with Gasteiger partial charge in [-0.2, -0.15) is 18.3 Å². The molecule has 6 rings (SSSR count). The van der Waals surface area contributed by atoms with E-state index in [1.54, 1.807) is 30.5 Å². The molecule has 2 saturated heterocycles. The third kappa shape index (κ3) is 5.04. The van der Waals surface area contributed by atoms with E-state index in [-0.39, 0.29) is 23.3 Å². The first-order valence-electron chi connectivity index (χ1n) is 13.5. The Labute approximate surface area is 238 Å². The molecule has 0 saturated carbocycles. The number of halogens is 3. The highest BCUT2D eigenvalue weighted by Crippen LogP contribution is 2.37. The van der Waals surface area contributed by atoms with Crippen LogP contribution in [0.4, 0.5) is 24.8 Å². The first kappa shape index (κ1) is 27.6. The predicted octanol–water partition coefficient (Wildman–Crippen LogP) is 4.55. The van der Waals surface area contributed by atoms with Crippen molar-refractivity contribution < 1.29 is 27.5 Å². The van der Waals surface area contributed by atoms with Crippen LogP contribution in [0.5, 0.6) is 0 Å². The van der Waals surface area contributed by atoms with Crippen molar-refractivity contribution in [1.82, 2.24) is 24.6 Å². The van der Waals surface area contributed by atoms with E-state index >= 15 is 0 Å². The van der Waals surface area contributed by atoms with Crippen LogP contribution in [-0.4, -0.2) is 62.8 Å². The second-order valence-corrected chi connectivity index (χ2v) is 10.9. The molecule has 5 heterocycles. The number of amides is 2. The number of hydrogen-bond donors (Lipinski definition) is 2. The summed E-state index contributed by atoms with van der Waals surface area (Å²) in [5, 5.41) is 7.99. The molecule has 2 aliphatic heterocycles. The molecular formula is C29H28F3N7O3. The molecular weight excluding hydrogens is 551 g/mol. The van der Waals surface area contributed by atoms with Gasteiger partial charge in [0.05, 0.1) is 41.1 Å². The van der Waals surface area contributed by atoms with E-state index in [9.17, 15) is 22.8 Å². The number of piperidine rings is 1. The lowest BCUT2D eigenvalue weighted by Crippen LogP contribution is -2.55. The van der Waals surface area contributed by atoms with Crippen molar-refractivity contribution in [1.29, 1.82) is 0 Å². The van der Waals surface area contributed by atoms with Gasteiger partial charge in [-0.05, 0) is 50.1 Å². The molecule has 42 heavy (non-hydrogen) atoms. The number of nitrogens with one attached hydrogen (secondary N) is 1. The number of likely N-dealkylation sites (tertiary alicyclic amines) is 1. The molecule has 2 amide bonds. The molecule has 4 aromatic rings. The molecule has 218 valence electrons. The van der Waals surface area contributed by atoms with E-state index in [1.165, 1.54) is 0 Å². The Morgan fingerprint density at radius 3 is 2.52 bits per heavy atom. The van der Waals surface area contributed by atoms with Gasteiger partial charge in [0.15, 0.2) is 0 Å². The molecule has 3 aromatic heterocycles. The number of anilines is 2. The molecule has 2 aliphatic rings. The van der Waals surface area contributed by atoms with Gasteiger partial charge in [-0.3, -0.25) is 14.3 Å². The molecule has 2 fully saturated rings. The van der Waals surface area contributed by atoms with E-state index in [4.69, 9.17) is 15.6 Å². The topological polar surface area (TPSA) is 128 Å². The van der Waals surface area contributed by atoms with Crippen molar-refractivity contribution in [2.45, 2.75) is 32.0 Å². The summed E-state index contributed by atoms with van der Waals surface area (Å²) < 4.78 is 46.3. The number of carbonyl (C=O) groups is 2. The molecule has 3 N–H and O–H groups in total. The SMILES string of the molecule is CC1(C(=O)N2CCC[C@@H](n3nc(-c4ccc(C(=O)Nc5cc(C(F)(F)F)ccn5)cc4)c4c(N)nccc43)C2)COC1. The lowest BCUT2D eigenvalue weighted by atomic mass is 9.86. The second kappa shape index (κ2) is 10.4. The van der Waals surface area contributed by atoms with E-state index < -0.39 is 23.1 Å². The summed E-state index contributed by atoms with van der Waals surface area (Å²) >= 11 is 0. The number of ether oxygens (including phenoxy) is 1. The van der Waals surface area contributed by atoms with E-state index in [0.29, 0.717) is 48.8 Å². The zero-order chi connectivity index (χ0) is 29.6. The fourth-order valence-corrected chi connectivity index (χ4v) is 5.49. The average Bonchev–Trinajstić information content (AvgIpc) is 3.36. The number of alkyl halides is 3. The maximum absolute atomic E-state index is 13.2. The van der Waals surface area contributed by atoms with Crippen LogP contribution in [0, 0.1) is 5.41 Å². The van der Waals surface area contributed by atoms with Gasteiger partial charge < -0.3 is 20.7 Å². The van der Waals surface area contributed by atoms with Crippen molar-refractivity contribution in [3.8, 4) is 11.3 Å². The molecule has 1 atom stereocenters. The zero-order valence-electron chi connectivity index (χ0n) is 22.7. The van der Waals surface area contributed by atoms with Gasteiger partial charge in [-0.25, -0.2) is 9.97 Å². The van der Waals surface area contributed by atoms with Crippen molar-refractivity contribution >= 4 is 34.4 Å². The Morgan fingerprint density at radius 1 is 1.10 bits per heavy atom. The number of nitrogens with two attached hydrogens (primary N) is 1. The summed E-state index contributed by atoms with van der Waals surface area (Å²) in [5.74, 6) is -0.427. The Bertz CT molecular complexity index is 1670. The average molecular weight is 580 g/mol. The number of hydrogen-bond acceptors (Lipinski definition) is 7. The summed E-state index contributed by atoms with van der Waals surface area (Å²) in [5.41, 5.74) is 7.17. The number of nitrogens with zero attached hydrogens (tertiary/aromatic N) is 5. The number of benzene rings is 1. The minimum absolute atomic E-state index is 0.0737.